The third-order valence-electron chi connectivity index (χ3n) is 4.34. The summed E-state index contributed by atoms with van der Waals surface area (Å²) in [4.78, 5) is 25.2. The zero-order valence-corrected chi connectivity index (χ0v) is 13.9. The lowest BCUT2D eigenvalue weighted by molar-refractivity contribution is -0.146. The number of carboxylic acids is 1. The topological polar surface area (TPSA) is 78.9 Å². The predicted molar refractivity (Wildman–Crippen MR) is 93.9 cm³/mol. The molecular weight excluding hydrogens is 320 g/mol. The number of para-hydroxylation sites is 1. The van der Waals surface area contributed by atoms with Crippen LogP contribution >= 0.6 is 0 Å². The Bertz CT molecular complexity index is 778. The number of ether oxygens (including phenoxy) is 1. The molecule has 1 saturated heterocycles. The molecule has 1 fully saturated rings. The number of nitrogens with one attached hydrogen (secondary N) is 1. The fraction of sp³-hybridized carbons (Fsp3) is 0.263. The Morgan fingerprint density at radius 3 is 2.52 bits per heavy atom. The number of carbonyl (C=O) groups is 2. The first kappa shape index (κ1) is 16.8. The van der Waals surface area contributed by atoms with Gasteiger partial charge in [-0.1, -0.05) is 24.3 Å². The first-order valence-electron chi connectivity index (χ1n) is 8.09. The molecule has 130 valence electrons. The van der Waals surface area contributed by atoms with Crippen LogP contribution in [0, 0.1) is 5.41 Å². The minimum Gasteiger partial charge on any atom is -0.481 e. The van der Waals surface area contributed by atoms with Gasteiger partial charge in [-0.25, -0.2) is 4.79 Å². The number of nitrogens with zero attached hydrogens (tertiary/aromatic N) is 1. The highest BCUT2D eigenvalue weighted by Gasteiger charge is 2.42. The number of likely N-dealkylation sites (tertiary alicyclic amines) is 1. The number of amides is 2. The molecule has 2 amide bonds. The van der Waals surface area contributed by atoms with Gasteiger partial charge >= 0.3 is 12.0 Å². The van der Waals surface area contributed by atoms with Crippen molar-refractivity contribution in [3.63, 3.8) is 0 Å². The van der Waals surface area contributed by atoms with Gasteiger partial charge in [0.05, 0.1) is 5.41 Å². The van der Waals surface area contributed by atoms with E-state index in [0.29, 0.717) is 30.2 Å². The lowest BCUT2D eigenvalue weighted by atomic mass is 9.90. The molecule has 2 aromatic carbocycles. The van der Waals surface area contributed by atoms with Crippen LogP contribution in [0.4, 0.5) is 10.5 Å². The molecule has 6 nitrogen and oxygen atoms in total. The number of rotatable bonds is 4. The summed E-state index contributed by atoms with van der Waals surface area (Å²) in [5.74, 6) is 0.449. The van der Waals surface area contributed by atoms with Crippen LogP contribution in [0.15, 0.2) is 54.6 Å². The van der Waals surface area contributed by atoms with Crippen molar-refractivity contribution in [2.45, 2.75) is 13.3 Å². The summed E-state index contributed by atoms with van der Waals surface area (Å²) >= 11 is 0. The van der Waals surface area contributed by atoms with Crippen molar-refractivity contribution in [2.75, 3.05) is 18.4 Å². The van der Waals surface area contributed by atoms with Crippen LogP contribution in [0.2, 0.25) is 0 Å². The molecule has 0 radical (unpaired) electrons. The van der Waals surface area contributed by atoms with Crippen LogP contribution in [0.5, 0.6) is 11.5 Å². The zero-order chi connectivity index (χ0) is 17.9. The molecule has 2 aromatic rings. The number of anilines is 1. The van der Waals surface area contributed by atoms with Crippen molar-refractivity contribution in [1.29, 1.82) is 0 Å². The van der Waals surface area contributed by atoms with Gasteiger partial charge in [0.25, 0.3) is 0 Å². The van der Waals surface area contributed by atoms with Crippen molar-refractivity contribution in [2.24, 2.45) is 5.41 Å². The number of aliphatic carboxylic acids is 1. The van der Waals surface area contributed by atoms with Crippen LogP contribution in [0.1, 0.15) is 13.3 Å². The first-order chi connectivity index (χ1) is 12.0. The van der Waals surface area contributed by atoms with E-state index in [-0.39, 0.29) is 12.6 Å². The Morgan fingerprint density at radius 2 is 1.84 bits per heavy atom. The maximum atomic E-state index is 12.4. The molecule has 1 atom stereocenters. The Morgan fingerprint density at radius 1 is 1.12 bits per heavy atom. The summed E-state index contributed by atoms with van der Waals surface area (Å²) in [6.45, 7) is 2.29. The monoisotopic (exact) mass is 340 g/mol. The third-order valence-corrected chi connectivity index (χ3v) is 4.34. The van der Waals surface area contributed by atoms with Gasteiger partial charge in [0.15, 0.2) is 0 Å². The highest BCUT2D eigenvalue weighted by Crippen LogP contribution is 2.31. The summed E-state index contributed by atoms with van der Waals surface area (Å²) < 4.78 is 5.75. The van der Waals surface area contributed by atoms with Gasteiger partial charge < -0.3 is 20.1 Å². The molecule has 0 aromatic heterocycles. The van der Waals surface area contributed by atoms with Crippen LogP contribution in [-0.4, -0.2) is 35.1 Å². The van der Waals surface area contributed by atoms with Crippen LogP contribution in [0.3, 0.4) is 0 Å². The molecule has 0 spiro atoms. The maximum Gasteiger partial charge on any atom is 0.321 e. The number of carboxylic acid groups (broad SMARTS) is 1. The van der Waals surface area contributed by atoms with Gasteiger partial charge in [-0.15, -0.1) is 0 Å². The van der Waals surface area contributed by atoms with E-state index in [1.807, 2.05) is 30.3 Å². The molecular formula is C19H20N2O4. The summed E-state index contributed by atoms with van der Waals surface area (Å²) in [6, 6.07) is 16.2. The number of hydrogen-bond donors (Lipinski definition) is 2. The fourth-order valence-corrected chi connectivity index (χ4v) is 2.77. The second kappa shape index (κ2) is 6.84. The highest BCUT2D eigenvalue weighted by molar-refractivity contribution is 5.90. The fourth-order valence-electron chi connectivity index (χ4n) is 2.77. The van der Waals surface area contributed by atoms with E-state index in [2.05, 4.69) is 5.32 Å². The minimum atomic E-state index is -0.879. The van der Waals surface area contributed by atoms with Crippen molar-refractivity contribution in [1.82, 2.24) is 4.90 Å². The quantitative estimate of drug-likeness (QED) is 0.887. The van der Waals surface area contributed by atoms with E-state index >= 15 is 0 Å². The zero-order valence-electron chi connectivity index (χ0n) is 13.9. The van der Waals surface area contributed by atoms with Crippen molar-refractivity contribution in [3.8, 4) is 11.5 Å². The Kier molecular flexibility index (Phi) is 4.61. The summed E-state index contributed by atoms with van der Waals surface area (Å²) in [6.07, 6.45) is 0.451. The normalized spacial score (nSPS) is 19.5. The van der Waals surface area contributed by atoms with E-state index < -0.39 is 11.4 Å². The van der Waals surface area contributed by atoms with Gasteiger partial charge in [-0.05, 0) is 37.6 Å². The number of hydrogen-bond acceptors (Lipinski definition) is 3. The highest BCUT2D eigenvalue weighted by atomic mass is 16.5. The maximum absolute atomic E-state index is 12.4. The Balaban J connectivity index is 1.64. The molecule has 1 aliphatic heterocycles. The molecule has 25 heavy (non-hydrogen) atoms. The van der Waals surface area contributed by atoms with Crippen molar-refractivity contribution in [3.05, 3.63) is 54.6 Å². The van der Waals surface area contributed by atoms with Crippen molar-refractivity contribution >= 4 is 17.7 Å². The first-order valence-corrected chi connectivity index (χ1v) is 8.09. The van der Waals surface area contributed by atoms with Gasteiger partial charge in [0.1, 0.15) is 11.5 Å². The Hall–Kier alpha value is -3.02. The van der Waals surface area contributed by atoms with Crippen molar-refractivity contribution < 1.29 is 19.4 Å². The number of benzene rings is 2. The standard InChI is InChI=1S/C19H20N2O4/c1-19(17(22)23)10-11-21(13-19)18(24)20-14-6-5-9-16(12-14)25-15-7-3-2-4-8-15/h2-9,12H,10-11,13H2,1H3,(H,20,24)(H,22,23). The van der Waals surface area contributed by atoms with E-state index in [4.69, 9.17) is 4.74 Å². The summed E-state index contributed by atoms with van der Waals surface area (Å²) in [7, 11) is 0. The van der Waals surface area contributed by atoms with Crippen LogP contribution in [-0.2, 0) is 4.79 Å². The molecule has 3 rings (SSSR count). The lowest BCUT2D eigenvalue weighted by Crippen LogP contribution is -2.37. The van der Waals surface area contributed by atoms with Gasteiger partial charge in [0, 0.05) is 24.8 Å². The molecule has 1 aliphatic rings. The van der Waals surface area contributed by atoms with Crippen LogP contribution in [0.25, 0.3) is 0 Å². The third kappa shape index (κ3) is 3.91. The molecule has 1 heterocycles. The second-order valence-corrected chi connectivity index (χ2v) is 6.41. The summed E-state index contributed by atoms with van der Waals surface area (Å²) in [5, 5.41) is 12.1. The SMILES string of the molecule is CC1(C(=O)O)CCN(C(=O)Nc2cccc(Oc3ccccc3)c2)C1. The second-order valence-electron chi connectivity index (χ2n) is 6.41. The molecule has 1 unspecified atom stereocenters. The molecule has 2 N–H and O–H groups in total. The average molecular weight is 340 g/mol. The smallest absolute Gasteiger partial charge is 0.321 e. The van der Waals surface area contributed by atoms with Gasteiger partial charge in [0.2, 0.25) is 0 Å². The van der Waals surface area contributed by atoms with E-state index in [1.165, 1.54) is 4.90 Å². The predicted octanol–water partition coefficient (Wildman–Crippen LogP) is 3.81. The van der Waals surface area contributed by atoms with Gasteiger partial charge in [-0.3, -0.25) is 4.79 Å². The van der Waals surface area contributed by atoms with E-state index in [1.54, 1.807) is 31.2 Å². The molecule has 6 heteroatoms. The summed E-state index contributed by atoms with van der Waals surface area (Å²) in [5.41, 5.74) is -0.280. The minimum absolute atomic E-state index is 0.203. The van der Waals surface area contributed by atoms with E-state index in [9.17, 15) is 14.7 Å². The number of urea groups is 1. The lowest BCUT2D eigenvalue weighted by Gasteiger charge is -2.20. The van der Waals surface area contributed by atoms with Gasteiger partial charge in [-0.2, -0.15) is 0 Å². The average Bonchev–Trinajstić information content (AvgIpc) is 3.00. The van der Waals surface area contributed by atoms with E-state index in [0.717, 1.165) is 0 Å². The Labute approximate surface area is 146 Å². The molecule has 0 bridgehead atoms. The molecule has 0 saturated carbocycles. The largest absolute Gasteiger partial charge is 0.481 e. The van der Waals surface area contributed by atoms with Crippen LogP contribution < -0.4 is 10.1 Å². The number of carbonyl (C=O) groups excluding carboxylic acids is 1. The molecule has 0 aliphatic carbocycles.